The Morgan fingerprint density at radius 2 is 2.06 bits per heavy atom. The standard InChI is InChI=1S/C27H32FN3O3/c1-6-17(13-32)20-10-25-26-18(12-31(25)27(33)22(20)14-34-5)9-21-19(8-7-15(2)29-4)16(3)23(28)11-24(21)30-26/h9-11,13,15,17,29H,6-8,12,14H2,1-5H3. The predicted molar refractivity (Wildman–Crippen MR) is 132 cm³/mol. The van der Waals surface area contributed by atoms with Crippen molar-refractivity contribution in [3.8, 4) is 11.4 Å². The Morgan fingerprint density at radius 3 is 2.71 bits per heavy atom. The van der Waals surface area contributed by atoms with Gasteiger partial charge in [-0.25, -0.2) is 9.37 Å². The van der Waals surface area contributed by atoms with Crippen LogP contribution in [0.25, 0.3) is 22.3 Å². The molecule has 3 aromatic rings. The molecule has 34 heavy (non-hydrogen) atoms. The molecule has 0 aliphatic carbocycles. The summed E-state index contributed by atoms with van der Waals surface area (Å²) in [6.07, 6.45) is 3.07. The number of fused-ring (bicyclic) bond motifs is 4. The summed E-state index contributed by atoms with van der Waals surface area (Å²) < 4.78 is 21.8. The first-order chi connectivity index (χ1) is 16.3. The predicted octanol–water partition coefficient (Wildman–Crippen LogP) is 4.25. The molecule has 1 aliphatic rings. The Labute approximate surface area is 199 Å². The van der Waals surface area contributed by atoms with Crippen molar-refractivity contribution >= 4 is 17.2 Å². The number of rotatable bonds is 9. The van der Waals surface area contributed by atoms with Crippen molar-refractivity contribution in [2.75, 3.05) is 14.2 Å². The molecule has 0 spiro atoms. The molecule has 1 N–H and O–H groups in total. The third-order valence-electron chi connectivity index (χ3n) is 7.15. The molecular weight excluding hydrogens is 433 g/mol. The number of hydrogen-bond donors (Lipinski definition) is 1. The monoisotopic (exact) mass is 465 g/mol. The van der Waals surface area contributed by atoms with Crippen LogP contribution in [0.15, 0.2) is 23.0 Å². The van der Waals surface area contributed by atoms with Crippen LogP contribution < -0.4 is 10.9 Å². The van der Waals surface area contributed by atoms with Gasteiger partial charge in [-0.15, -0.1) is 0 Å². The number of pyridine rings is 2. The van der Waals surface area contributed by atoms with Crippen LogP contribution >= 0.6 is 0 Å². The number of aryl methyl sites for hydroxylation is 1. The SMILES string of the molecule is CCC(C=O)c1cc2n(c(=O)c1COC)Cc1cc3c(CCC(C)NC)c(C)c(F)cc3nc1-2. The van der Waals surface area contributed by atoms with E-state index in [-0.39, 0.29) is 18.0 Å². The van der Waals surface area contributed by atoms with Gasteiger partial charge in [-0.1, -0.05) is 6.92 Å². The van der Waals surface area contributed by atoms with Crippen molar-refractivity contribution in [1.29, 1.82) is 0 Å². The summed E-state index contributed by atoms with van der Waals surface area (Å²) in [6, 6.07) is 5.74. The number of methoxy groups -OCH3 is 1. The Kier molecular flexibility index (Phi) is 6.96. The van der Waals surface area contributed by atoms with Crippen LogP contribution in [0, 0.1) is 12.7 Å². The summed E-state index contributed by atoms with van der Waals surface area (Å²) in [5.74, 6) is -0.667. The molecule has 3 heterocycles. The second-order valence-electron chi connectivity index (χ2n) is 9.19. The summed E-state index contributed by atoms with van der Waals surface area (Å²) >= 11 is 0. The highest BCUT2D eigenvalue weighted by molar-refractivity contribution is 5.88. The third kappa shape index (κ3) is 4.07. The maximum absolute atomic E-state index is 14.9. The molecule has 2 atom stereocenters. The molecule has 0 fully saturated rings. The molecule has 0 saturated heterocycles. The van der Waals surface area contributed by atoms with Gasteiger partial charge >= 0.3 is 0 Å². The zero-order valence-electron chi connectivity index (χ0n) is 20.5. The molecule has 0 amide bonds. The van der Waals surface area contributed by atoms with E-state index < -0.39 is 5.92 Å². The second-order valence-corrected chi connectivity index (χ2v) is 9.19. The van der Waals surface area contributed by atoms with Crippen molar-refractivity contribution in [2.24, 2.45) is 0 Å². The van der Waals surface area contributed by atoms with Crippen LogP contribution in [0.1, 0.15) is 60.4 Å². The van der Waals surface area contributed by atoms with E-state index in [1.165, 1.54) is 6.07 Å². The molecule has 180 valence electrons. The topological polar surface area (TPSA) is 73.2 Å². The first kappa shape index (κ1) is 24.2. The Balaban J connectivity index is 1.91. The lowest BCUT2D eigenvalue weighted by Gasteiger charge is -2.16. The van der Waals surface area contributed by atoms with Gasteiger partial charge in [-0.3, -0.25) is 4.79 Å². The molecule has 0 bridgehead atoms. The number of halogens is 1. The lowest BCUT2D eigenvalue weighted by atomic mass is 9.93. The van der Waals surface area contributed by atoms with Crippen molar-refractivity contribution in [1.82, 2.24) is 14.9 Å². The van der Waals surface area contributed by atoms with Gasteiger partial charge in [0.1, 0.15) is 12.1 Å². The fourth-order valence-electron chi connectivity index (χ4n) is 4.91. The van der Waals surface area contributed by atoms with E-state index in [4.69, 9.17) is 9.72 Å². The largest absolute Gasteiger partial charge is 0.380 e. The molecule has 0 saturated carbocycles. The summed E-state index contributed by atoms with van der Waals surface area (Å²) in [4.78, 5) is 30.0. The van der Waals surface area contributed by atoms with Gasteiger partial charge in [0.05, 0.1) is 30.1 Å². The summed E-state index contributed by atoms with van der Waals surface area (Å²) in [5, 5.41) is 4.16. The molecule has 7 heteroatoms. The third-order valence-corrected chi connectivity index (χ3v) is 7.15. The summed E-state index contributed by atoms with van der Waals surface area (Å²) in [7, 11) is 3.46. The van der Waals surface area contributed by atoms with Crippen LogP contribution in [0.4, 0.5) is 4.39 Å². The van der Waals surface area contributed by atoms with Gasteiger partial charge in [0.2, 0.25) is 0 Å². The zero-order chi connectivity index (χ0) is 24.6. The number of ether oxygens (including phenoxy) is 1. The van der Waals surface area contributed by atoms with E-state index in [1.54, 1.807) is 11.7 Å². The quantitative estimate of drug-likeness (QED) is 0.374. The Hall–Kier alpha value is -2.90. The highest BCUT2D eigenvalue weighted by atomic mass is 19.1. The van der Waals surface area contributed by atoms with Crippen LogP contribution in [0.5, 0.6) is 0 Å². The number of nitrogens with zero attached hydrogens (tertiary/aromatic N) is 2. The molecule has 2 aromatic heterocycles. The van der Waals surface area contributed by atoms with E-state index in [1.807, 2.05) is 27.0 Å². The van der Waals surface area contributed by atoms with Crippen LogP contribution in [0.3, 0.4) is 0 Å². The zero-order valence-corrected chi connectivity index (χ0v) is 20.5. The molecule has 0 radical (unpaired) electrons. The molecule has 1 aromatic carbocycles. The van der Waals surface area contributed by atoms with E-state index >= 15 is 0 Å². The van der Waals surface area contributed by atoms with Gasteiger partial charge in [-0.05, 0) is 69.0 Å². The lowest BCUT2D eigenvalue weighted by Crippen LogP contribution is -2.26. The minimum atomic E-state index is -0.394. The van der Waals surface area contributed by atoms with Gasteiger partial charge in [0.15, 0.2) is 0 Å². The molecule has 4 rings (SSSR count). The van der Waals surface area contributed by atoms with Crippen LogP contribution in [0.2, 0.25) is 0 Å². The second kappa shape index (κ2) is 9.76. The van der Waals surface area contributed by atoms with Gasteiger partial charge in [0, 0.05) is 41.6 Å². The Bertz CT molecular complexity index is 1320. The molecule has 6 nitrogen and oxygen atoms in total. The number of aldehydes is 1. The van der Waals surface area contributed by atoms with Gasteiger partial charge < -0.3 is 19.4 Å². The maximum Gasteiger partial charge on any atom is 0.257 e. The smallest absolute Gasteiger partial charge is 0.257 e. The van der Waals surface area contributed by atoms with Crippen molar-refractivity contribution in [3.63, 3.8) is 0 Å². The van der Waals surface area contributed by atoms with E-state index in [0.717, 1.165) is 35.6 Å². The number of hydrogen-bond acceptors (Lipinski definition) is 5. The normalized spacial score (nSPS) is 14.2. The minimum absolute atomic E-state index is 0.142. The molecular formula is C27H32FN3O3. The summed E-state index contributed by atoms with van der Waals surface area (Å²) in [5.41, 5.74) is 5.49. The highest BCUT2D eigenvalue weighted by Crippen LogP contribution is 2.36. The van der Waals surface area contributed by atoms with E-state index in [2.05, 4.69) is 18.3 Å². The summed E-state index contributed by atoms with van der Waals surface area (Å²) in [6.45, 7) is 6.37. The highest BCUT2D eigenvalue weighted by Gasteiger charge is 2.28. The fraction of sp³-hybridized carbons (Fsp3) is 0.444. The number of benzene rings is 1. The number of carbonyl (C=O) groups is 1. The van der Waals surface area contributed by atoms with Crippen molar-refractivity contribution in [2.45, 2.75) is 65.1 Å². The first-order valence-corrected chi connectivity index (χ1v) is 11.8. The average Bonchev–Trinajstić information content (AvgIpc) is 3.19. The van der Waals surface area contributed by atoms with Crippen LogP contribution in [-0.4, -0.2) is 36.0 Å². The first-order valence-electron chi connectivity index (χ1n) is 11.8. The van der Waals surface area contributed by atoms with Crippen molar-refractivity contribution in [3.05, 3.63) is 62.2 Å². The number of nitrogens with one attached hydrogen (secondary N) is 1. The lowest BCUT2D eigenvalue weighted by molar-refractivity contribution is -0.109. The molecule has 1 aliphatic heterocycles. The minimum Gasteiger partial charge on any atom is -0.380 e. The van der Waals surface area contributed by atoms with Gasteiger partial charge in [-0.2, -0.15) is 0 Å². The molecule has 2 unspecified atom stereocenters. The Morgan fingerprint density at radius 1 is 1.29 bits per heavy atom. The van der Waals surface area contributed by atoms with Crippen molar-refractivity contribution < 1.29 is 13.9 Å². The fourth-order valence-corrected chi connectivity index (χ4v) is 4.91. The van der Waals surface area contributed by atoms with Crippen LogP contribution in [-0.2, 0) is 29.1 Å². The average molecular weight is 466 g/mol. The van der Waals surface area contributed by atoms with E-state index in [9.17, 15) is 14.0 Å². The maximum atomic E-state index is 14.9. The number of carbonyl (C=O) groups excluding carboxylic acids is 1. The van der Waals surface area contributed by atoms with Gasteiger partial charge in [0.25, 0.3) is 5.56 Å². The van der Waals surface area contributed by atoms with E-state index in [0.29, 0.717) is 52.6 Å². The number of aromatic nitrogens is 2.